The number of fused-ring (bicyclic) bond motifs is 1. The van der Waals surface area contributed by atoms with Crippen LogP contribution in [0, 0.1) is 27.7 Å². The van der Waals surface area contributed by atoms with E-state index in [0.29, 0.717) is 23.2 Å². The Labute approximate surface area is 141 Å². The predicted octanol–water partition coefficient (Wildman–Crippen LogP) is 4.39. The van der Waals surface area contributed by atoms with Crippen LogP contribution in [0.5, 0.6) is 11.5 Å². The number of para-hydroxylation sites is 2. The number of aromatic nitrogens is 2. The van der Waals surface area contributed by atoms with Crippen LogP contribution in [-0.2, 0) is 6.54 Å². The number of imidazole rings is 1. The maximum atomic E-state index is 10.4. The summed E-state index contributed by atoms with van der Waals surface area (Å²) in [7, 11) is 0. The summed E-state index contributed by atoms with van der Waals surface area (Å²) in [5, 5.41) is 20.6. The maximum absolute atomic E-state index is 10.4. The van der Waals surface area contributed by atoms with Crippen LogP contribution < -0.4 is 0 Å². The highest BCUT2D eigenvalue weighted by Crippen LogP contribution is 2.36. The van der Waals surface area contributed by atoms with Crippen LogP contribution in [0.15, 0.2) is 30.3 Å². The number of allylic oxidation sites excluding steroid dienone is 1. The summed E-state index contributed by atoms with van der Waals surface area (Å²) >= 11 is 0. The van der Waals surface area contributed by atoms with Gasteiger partial charge in [0.2, 0.25) is 0 Å². The molecule has 0 saturated carbocycles. The Balaban J connectivity index is 1.96. The molecule has 24 heavy (non-hydrogen) atoms. The lowest BCUT2D eigenvalue weighted by Gasteiger charge is -2.13. The number of phenolic OH excluding ortho intramolecular Hbond substituents is 2. The average molecular weight is 322 g/mol. The molecular weight excluding hydrogens is 300 g/mol. The van der Waals surface area contributed by atoms with Crippen LogP contribution in [-0.4, -0.2) is 19.8 Å². The van der Waals surface area contributed by atoms with Crippen LogP contribution in [0.2, 0.25) is 0 Å². The van der Waals surface area contributed by atoms with Crippen molar-refractivity contribution >= 4 is 17.1 Å². The molecule has 2 N–H and O–H groups in total. The molecule has 4 heteroatoms. The Morgan fingerprint density at radius 1 is 0.958 bits per heavy atom. The molecule has 0 atom stereocenters. The number of phenols is 2. The summed E-state index contributed by atoms with van der Waals surface area (Å²) in [6.45, 7) is 8.08. The van der Waals surface area contributed by atoms with Crippen LogP contribution in [0.1, 0.15) is 28.1 Å². The van der Waals surface area contributed by atoms with Gasteiger partial charge in [0, 0.05) is 17.7 Å². The van der Waals surface area contributed by atoms with E-state index in [1.54, 1.807) is 0 Å². The molecular formula is C20H22N2O2. The van der Waals surface area contributed by atoms with Crippen molar-refractivity contribution in [2.75, 3.05) is 0 Å². The SMILES string of the molecule is Cc1c(C)c(O)c(/C=C/Cn2c(C)nc3ccccc32)c(C)c1O. The average Bonchev–Trinajstić information content (AvgIpc) is 2.90. The first-order valence-electron chi connectivity index (χ1n) is 8.02. The number of benzene rings is 2. The molecule has 124 valence electrons. The quantitative estimate of drug-likeness (QED) is 0.703. The van der Waals surface area contributed by atoms with Crippen molar-refractivity contribution in [1.29, 1.82) is 0 Å². The fraction of sp³-hybridized carbons (Fsp3) is 0.250. The lowest BCUT2D eigenvalue weighted by molar-refractivity contribution is 0.448. The normalized spacial score (nSPS) is 11.7. The van der Waals surface area contributed by atoms with Crippen LogP contribution in [0.4, 0.5) is 0 Å². The molecule has 3 aromatic rings. The molecule has 0 fully saturated rings. The lowest BCUT2D eigenvalue weighted by Crippen LogP contribution is -1.98. The first-order valence-corrected chi connectivity index (χ1v) is 8.02. The predicted molar refractivity (Wildman–Crippen MR) is 97.5 cm³/mol. The Hall–Kier alpha value is -2.75. The summed E-state index contributed by atoms with van der Waals surface area (Å²) in [4.78, 5) is 4.55. The van der Waals surface area contributed by atoms with Gasteiger partial charge in [-0.1, -0.05) is 24.3 Å². The summed E-state index contributed by atoms with van der Waals surface area (Å²) in [6.07, 6.45) is 3.85. The lowest BCUT2D eigenvalue weighted by atomic mass is 9.97. The minimum absolute atomic E-state index is 0.228. The van der Waals surface area contributed by atoms with Crippen molar-refractivity contribution in [3.05, 3.63) is 58.4 Å². The van der Waals surface area contributed by atoms with E-state index in [4.69, 9.17) is 0 Å². The Morgan fingerprint density at radius 2 is 1.62 bits per heavy atom. The number of aromatic hydroxyl groups is 2. The standard InChI is InChI=1S/C20H22N2O2/c1-12-13(2)20(24)16(14(3)19(12)23)8-7-11-22-15(4)21-17-9-5-6-10-18(17)22/h5-10,23-24H,11H2,1-4H3/b8-7+. The van der Waals surface area contributed by atoms with E-state index in [0.717, 1.165) is 22.4 Å². The third-order valence-corrected chi connectivity index (χ3v) is 4.71. The van der Waals surface area contributed by atoms with Gasteiger partial charge in [0.15, 0.2) is 0 Å². The molecule has 0 aliphatic heterocycles. The molecule has 4 nitrogen and oxygen atoms in total. The van der Waals surface area contributed by atoms with E-state index in [-0.39, 0.29) is 11.5 Å². The van der Waals surface area contributed by atoms with E-state index in [9.17, 15) is 10.2 Å². The van der Waals surface area contributed by atoms with Crippen molar-refractivity contribution in [2.45, 2.75) is 34.2 Å². The molecule has 0 saturated heterocycles. The zero-order valence-corrected chi connectivity index (χ0v) is 14.5. The highest BCUT2D eigenvalue weighted by molar-refractivity contribution is 5.76. The van der Waals surface area contributed by atoms with Crippen molar-refractivity contribution in [1.82, 2.24) is 9.55 Å². The maximum Gasteiger partial charge on any atom is 0.126 e. The molecule has 0 spiro atoms. The molecule has 0 radical (unpaired) electrons. The van der Waals surface area contributed by atoms with Crippen molar-refractivity contribution < 1.29 is 10.2 Å². The Kier molecular flexibility index (Phi) is 4.06. The van der Waals surface area contributed by atoms with E-state index in [1.807, 2.05) is 64.1 Å². The van der Waals surface area contributed by atoms with Gasteiger partial charge in [0.05, 0.1) is 11.0 Å². The number of rotatable bonds is 3. The molecule has 1 heterocycles. The Morgan fingerprint density at radius 3 is 2.38 bits per heavy atom. The minimum Gasteiger partial charge on any atom is -0.507 e. The smallest absolute Gasteiger partial charge is 0.126 e. The summed E-state index contributed by atoms with van der Waals surface area (Å²) in [5.41, 5.74) is 4.85. The third kappa shape index (κ3) is 2.54. The highest BCUT2D eigenvalue weighted by Gasteiger charge is 2.14. The topological polar surface area (TPSA) is 58.3 Å². The number of nitrogens with zero attached hydrogens (tertiary/aromatic N) is 2. The van der Waals surface area contributed by atoms with E-state index < -0.39 is 0 Å². The van der Waals surface area contributed by atoms with Gasteiger partial charge >= 0.3 is 0 Å². The monoisotopic (exact) mass is 322 g/mol. The van der Waals surface area contributed by atoms with Gasteiger partial charge in [-0.05, 0) is 51.0 Å². The van der Waals surface area contributed by atoms with Crippen molar-refractivity contribution in [2.24, 2.45) is 0 Å². The van der Waals surface area contributed by atoms with Crippen molar-refractivity contribution in [3.8, 4) is 11.5 Å². The first kappa shape index (κ1) is 16.1. The number of hydrogen-bond donors (Lipinski definition) is 2. The number of aryl methyl sites for hydroxylation is 1. The molecule has 3 rings (SSSR count). The molecule has 0 amide bonds. The highest BCUT2D eigenvalue weighted by atomic mass is 16.3. The molecule has 0 bridgehead atoms. The summed E-state index contributed by atoms with van der Waals surface area (Å²) in [6, 6.07) is 8.03. The number of hydrogen-bond acceptors (Lipinski definition) is 3. The van der Waals surface area contributed by atoms with Gasteiger partial charge in [-0.25, -0.2) is 4.98 Å². The molecule has 0 unspecified atom stereocenters. The molecule has 0 aliphatic carbocycles. The van der Waals surface area contributed by atoms with Gasteiger partial charge in [-0.3, -0.25) is 0 Å². The van der Waals surface area contributed by atoms with E-state index in [2.05, 4.69) is 9.55 Å². The van der Waals surface area contributed by atoms with Crippen LogP contribution >= 0.6 is 0 Å². The fourth-order valence-electron chi connectivity index (χ4n) is 3.05. The molecule has 1 aromatic heterocycles. The minimum atomic E-state index is 0.228. The largest absolute Gasteiger partial charge is 0.507 e. The van der Waals surface area contributed by atoms with Gasteiger partial charge in [0.25, 0.3) is 0 Å². The summed E-state index contributed by atoms with van der Waals surface area (Å²) in [5.74, 6) is 1.42. The Bertz CT molecular complexity index is 923. The second kappa shape index (κ2) is 6.04. The van der Waals surface area contributed by atoms with Crippen LogP contribution in [0.25, 0.3) is 17.1 Å². The third-order valence-electron chi connectivity index (χ3n) is 4.71. The first-order chi connectivity index (χ1) is 11.4. The van der Waals surface area contributed by atoms with Gasteiger partial charge in [-0.15, -0.1) is 0 Å². The van der Waals surface area contributed by atoms with E-state index >= 15 is 0 Å². The molecule has 0 aliphatic rings. The summed E-state index contributed by atoms with van der Waals surface area (Å²) < 4.78 is 2.12. The fourth-order valence-corrected chi connectivity index (χ4v) is 3.05. The van der Waals surface area contributed by atoms with Crippen molar-refractivity contribution in [3.63, 3.8) is 0 Å². The van der Waals surface area contributed by atoms with Crippen LogP contribution in [0.3, 0.4) is 0 Å². The van der Waals surface area contributed by atoms with Gasteiger partial charge in [-0.2, -0.15) is 0 Å². The van der Waals surface area contributed by atoms with Gasteiger partial charge < -0.3 is 14.8 Å². The van der Waals surface area contributed by atoms with E-state index in [1.165, 1.54) is 0 Å². The molecule has 2 aromatic carbocycles. The second-order valence-corrected chi connectivity index (χ2v) is 6.15. The van der Waals surface area contributed by atoms with Gasteiger partial charge in [0.1, 0.15) is 17.3 Å². The second-order valence-electron chi connectivity index (χ2n) is 6.15. The zero-order chi connectivity index (χ0) is 17.4. The zero-order valence-electron chi connectivity index (χ0n) is 14.5.